The molecule has 1 aromatic rings. The van der Waals surface area contributed by atoms with Crippen LogP contribution in [0.25, 0.3) is 0 Å². The number of hydrogen-bond donors (Lipinski definition) is 0. The summed E-state index contributed by atoms with van der Waals surface area (Å²) >= 11 is 0. The quantitative estimate of drug-likeness (QED) is 0.817. The molecule has 0 saturated heterocycles. The highest BCUT2D eigenvalue weighted by atomic mass is 19.2. The molecule has 0 aliphatic heterocycles. The van der Waals surface area contributed by atoms with Gasteiger partial charge in [-0.05, 0) is 67.4 Å². The van der Waals surface area contributed by atoms with Crippen molar-refractivity contribution in [2.24, 2.45) is 29.6 Å². The van der Waals surface area contributed by atoms with Crippen molar-refractivity contribution >= 4 is 5.78 Å². The van der Waals surface area contributed by atoms with Crippen molar-refractivity contribution in [1.82, 2.24) is 0 Å². The molecule has 4 aliphatic rings. The van der Waals surface area contributed by atoms with Crippen LogP contribution in [0, 0.1) is 41.2 Å². The van der Waals surface area contributed by atoms with Gasteiger partial charge in [0.15, 0.2) is 11.6 Å². The lowest BCUT2D eigenvalue weighted by atomic mass is 9.51. The second-order valence-corrected chi connectivity index (χ2v) is 7.31. The summed E-state index contributed by atoms with van der Waals surface area (Å²) in [7, 11) is 0. The minimum Gasteiger partial charge on any atom is -0.299 e. The van der Waals surface area contributed by atoms with Crippen molar-refractivity contribution in [3.63, 3.8) is 0 Å². The fourth-order valence-corrected chi connectivity index (χ4v) is 5.44. The summed E-state index contributed by atoms with van der Waals surface area (Å²) in [4.78, 5) is 12.7. The SMILES string of the molecule is O=C(Cc1cccc(F)c1F)C1C2CC3CC(C2)CC1C3. The van der Waals surface area contributed by atoms with E-state index in [4.69, 9.17) is 0 Å². The lowest BCUT2D eigenvalue weighted by Gasteiger charge is -2.53. The molecule has 5 rings (SSSR count). The molecule has 0 atom stereocenters. The Morgan fingerprint density at radius 3 is 2.24 bits per heavy atom. The van der Waals surface area contributed by atoms with Gasteiger partial charge in [0, 0.05) is 12.3 Å². The zero-order chi connectivity index (χ0) is 14.6. The summed E-state index contributed by atoms with van der Waals surface area (Å²) in [5, 5.41) is 0. The molecule has 0 aromatic heterocycles. The number of Topliss-reactive ketones (excluding diaryl/α,β-unsaturated/α-hetero) is 1. The number of halogens is 2. The number of hydrogen-bond acceptors (Lipinski definition) is 1. The highest BCUT2D eigenvalue weighted by Gasteiger charge is 2.50. The molecule has 21 heavy (non-hydrogen) atoms. The Hall–Kier alpha value is -1.25. The standard InChI is InChI=1S/C18H20F2O/c19-15-3-1-2-12(18(15)20)9-16(21)17-13-5-10-4-11(7-13)8-14(17)6-10/h1-3,10-11,13-14,17H,4-9H2. The van der Waals surface area contributed by atoms with Crippen molar-refractivity contribution in [1.29, 1.82) is 0 Å². The molecule has 4 aliphatic carbocycles. The third-order valence-electron chi connectivity index (χ3n) is 5.99. The van der Waals surface area contributed by atoms with E-state index in [1.807, 2.05) is 0 Å². The number of benzene rings is 1. The molecule has 4 fully saturated rings. The van der Waals surface area contributed by atoms with Crippen LogP contribution < -0.4 is 0 Å². The van der Waals surface area contributed by atoms with Crippen molar-refractivity contribution in [3.05, 3.63) is 35.4 Å². The molecule has 0 spiro atoms. The van der Waals surface area contributed by atoms with Gasteiger partial charge in [-0.3, -0.25) is 4.79 Å². The van der Waals surface area contributed by atoms with Crippen LogP contribution in [0.3, 0.4) is 0 Å². The molecule has 4 saturated carbocycles. The van der Waals surface area contributed by atoms with E-state index in [9.17, 15) is 13.6 Å². The second-order valence-electron chi connectivity index (χ2n) is 7.31. The Morgan fingerprint density at radius 1 is 1.00 bits per heavy atom. The first-order chi connectivity index (χ1) is 10.1. The van der Waals surface area contributed by atoms with E-state index >= 15 is 0 Å². The average Bonchev–Trinajstić information content (AvgIpc) is 2.42. The summed E-state index contributed by atoms with van der Waals surface area (Å²) < 4.78 is 27.0. The van der Waals surface area contributed by atoms with Crippen LogP contribution >= 0.6 is 0 Å². The first kappa shape index (κ1) is 13.4. The smallest absolute Gasteiger partial charge is 0.162 e. The maximum atomic E-state index is 13.8. The molecule has 112 valence electrons. The Labute approximate surface area is 123 Å². The number of carbonyl (C=O) groups excluding carboxylic acids is 1. The maximum Gasteiger partial charge on any atom is 0.162 e. The average molecular weight is 290 g/mol. The van der Waals surface area contributed by atoms with Crippen LogP contribution in [-0.4, -0.2) is 5.78 Å². The number of carbonyl (C=O) groups is 1. The summed E-state index contributed by atoms with van der Waals surface area (Å²) in [6, 6.07) is 4.12. The number of rotatable bonds is 3. The Morgan fingerprint density at radius 2 is 1.62 bits per heavy atom. The molecular weight excluding hydrogens is 270 g/mol. The van der Waals surface area contributed by atoms with Crippen LogP contribution in [0.15, 0.2) is 18.2 Å². The molecule has 1 aromatic carbocycles. The topological polar surface area (TPSA) is 17.1 Å². The first-order valence-corrected chi connectivity index (χ1v) is 8.07. The minimum absolute atomic E-state index is 0.0522. The molecule has 0 unspecified atom stereocenters. The Balaban J connectivity index is 1.54. The Kier molecular flexibility index (Phi) is 3.13. The summed E-state index contributed by atoms with van der Waals surface area (Å²) in [6.07, 6.45) is 6.11. The monoisotopic (exact) mass is 290 g/mol. The zero-order valence-electron chi connectivity index (χ0n) is 12.0. The lowest BCUT2D eigenvalue weighted by Crippen LogP contribution is -2.48. The van der Waals surface area contributed by atoms with Gasteiger partial charge in [-0.1, -0.05) is 12.1 Å². The highest BCUT2D eigenvalue weighted by molar-refractivity contribution is 5.84. The van der Waals surface area contributed by atoms with Gasteiger partial charge >= 0.3 is 0 Å². The van der Waals surface area contributed by atoms with Gasteiger partial charge in [0.05, 0.1) is 0 Å². The van der Waals surface area contributed by atoms with E-state index in [-0.39, 0.29) is 23.7 Å². The fourth-order valence-electron chi connectivity index (χ4n) is 5.44. The predicted molar refractivity (Wildman–Crippen MR) is 75.6 cm³/mol. The lowest BCUT2D eigenvalue weighted by molar-refractivity contribution is -0.135. The maximum absolute atomic E-state index is 13.8. The minimum atomic E-state index is -0.856. The van der Waals surface area contributed by atoms with Gasteiger partial charge in [-0.15, -0.1) is 0 Å². The fraction of sp³-hybridized carbons (Fsp3) is 0.611. The summed E-state index contributed by atoms with van der Waals surface area (Å²) in [5.74, 6) is 1.18. The van der Waals surface area contributed by atoms with E-state index in [0.29, 0.717) is 11.8 Å². The molecule has 0 heterocycles. The predicted octanol–water partition coefficient (Wildman–Crippen LogP) is 4.15. The molecule has 1 nitrogen and oxygen atoms in total. The third-order valence-corrected chi connectivity index (χ3v) is 5.99. The van der Waals surface area contributed by atoms with E-state index in [1.54, 1.807) is 0 Å². The molecule has 4 bridgehead atoms. The van der Waals surface area contributed by atoms with Crippen molar-refractivity contribution in [2.45, 2.75) is 38.5 Å². The van der Waals surface area contributed by atoms with Crippen molar-refractivity contribution in [3.8, 4) is 0 Å². The van der Waals surface area contributed by atoms with Gasteiger partial charge in [0.25, 0.3) is 0 Å². The largest absolute Gasteiger partial charge is 0.299 e. The van der Waals surface area contributed by atoms with Crippen molar-refractivity contribution in [2.75, 3.05) is 0 Å². The first-order valence-electron chi connectivity index (χ1n) is 8.07. The van der Waals surface area contributed by atoms with Crippen LogP contribution in [-0.2, 0) is 11.2 Å². The van der Waals surface area contributed by atoms with Crippen LogP contribution in [0.2, 0.25) is 0 Å². The van der Waals surface area contributed by atoms with E-state index < -0.39 is 11.6 Å². The van der Waals surface area contributed by atoms with Crippen LogP contribution in [0.4, 0.5) is 8.78 Å². The molecule has 0 radical (unpaired) electrons. The van der Waals surface area contributed by atoms with E-state index in [2.05, 4.69) is 0 Å². The molecule has 0 amide bonds. The van der Waals surface area contributed by atoms with Gasteiger partial charge < -0.3 is 0 Å². The van der Waals surface area contributed by atoms with Gasteiger partial charge in [0.1, 0.15) is 5.78 Å². The summed E-state index contributed by atoms with van der Waals surface area (Å²) in [6.45, 7) is 0. The third kappa shape index (κ3) is 2.21. The second kappa shape index (κ2) is 4.89. The molecule has 0 N–H and O–H groups in total. The van der Waals surface area contributed by atoms with Gasteiger partial charge in [-0.25, -0.2) is 8.78 Å². The summed E-state index contributed by atoms with van der Waals surface area (Å²) in [5.41, 5.74) is 0.216. The van der Waals surface area contributed by atoms with Crippen LogP contribution in [0.1, 0.15) is 37.7 Å². The van der Waals surface area contributed by atoms with Crippen LogP contribution in [0.5, 0.6) is 0 Å². The van der Waals surface area contributed by atoms with Crippen molar-refractivity contribution < 1.29 is 13.6 Å². The van der Waals surface area contributed by atoms with E-state index in [1.165, 1.54) is 44.2 Å². The Bertz CT molecular complexity index is 553. The molecular formula is C18H20F2O. The van der Waals surface area contributed by atoms with Gasteiger partial charge in [0.2, 0.25) is 0 Å². The normalized spacial score (nSPS) is 37.0. The molecule has 3 heteroatoms. The van der Waals surface area contributed by atoms with E-state index in [0.717, 1.165) is 17.9 Å². The zero-order valence-corrected chi connectivity index (χ0v) is 12.0. The van der Waals surface area contributed by atoms with Gasteiger partial charge in [-0.2, -0.15) is 0 Å². The number of ketones is 1. The highest BCUT2D eigenvalue weighted by Crippen LogP contribution is 2.56.